The molecule has 0 saturated carbocycles. The number of ketones is 1. The lowest BCUT2D eigenvalue weighted by Gasteiger charge is -2.24. The summed E-state index contributed by atoms with van der Waals surface area (Å²) in [5.41, 5.74) is 9.03. The Morgan fingerprint density at radius 1 is 1.05 bits per heavy atom. The van der Waals surface area contributed by atoms with Gasteiger partial charge in [0.2, 0.25) is 0 Å². The van der Waals surface area contributed by atoms with E-state index < -0.39 is 41.3 Å². The number of halogens is 6. The van der Waals surface area contributed by atoms with Gasteiger partial charge < -0.3 is 16.0 Å². The van der Waals surface area contributed by atoms with Gasteiger partial charge in [0.15, 0.2) is 5.76 Å². The van der Waals surface area contributed by atoms with Crippen molar-refractivity contribution in [1.82, 2.24) is 14.9 Å². The number of rotatable bonds is 8. The van der Waals surface area contributed by atoms with Crippen LogP contribution < -0.4 is 11.5 Å². The van der Waals surface area contributed by atoms with Crippen molar-refractivity contribution in [2.75, 3.05) is 5.73 Å². The Hall–Kier alpha value is -3.84. The van der Waals surface area contributed by atoms with Crippen LogP contribution in [0.4, 0.5) is 32.2 Å². The fourth-order valence-corrected chi connectivity index (χ4v) is 3.43. The Morgan fingerprint density at radius 3 is 2.16 bits per heavy atom. The molecule has 37 heavy (non-hydrogen) atoms. The molecule has 3 rings (SSSR count). The molecule has 8 nitrogen and oxygen atoms in total. The van der Waals surface area contributed by atoms with Crippen molar-refractivity contribution < 1.29 is 40.5 Å². The summed E-state index contributed by atoms with van der Waals surface area (Å²) in [5, 5.41) is 7.42. The van der Waals surface area contributed by atoms with Crippen LogP contribution in [0.15, 0.2) is 34.9 Å². The molecule has 0 radical (unpaired) electrons. The monoisotopic (exact) mass is 531 g/mol. The SMILES string of the molecule is CC(n1nc(-c2ccc(CC(=O)Cc3cc(C(C)(C)C(F)(F)F)on3)cc2)c(C(N)=O)c1N)C(F)(F)F. The molecule has 0 aliphatic heterocycles. The van der Waals surface area contributed by atoms with Crippen LogP contribution in [-0.4, -0.2) is 39.0 Å². The van der Waals surface area contributed by atoms with Crippen molar-refractivity contribution in [3.05, 3.63) is 52.9 Å². The highest BCUT2D eigenvalue weighted by molar-refractivity contribution is 6.03. The van der Waals surface area contributed by atoms with Crippen LogP contribution in [0.1, 0.15) is 54.2 Å². The molecular weight excluding hydrogens is 508 g/mol. The average molecular weight is 531 g/mol. The number of Topliss-reactive ketones (excluding diaryl/α,β-unsaturated/α-hetero) is 1. The molecule has 0 aliphatic rings. The first-order valence-electron chi connectivity index (χ1n) is 10.8. The lowest BCUT2D eigenvalue weighted by Crippen LogP contribution is -2.35. The van der Waals surface area contributed by atoms with E-state index in [2.05, 4.69) is 10.3 Å². The molecule has 0 aliphatic carbocycles. The summed E-state index contributed by atoms with van der Waals surface area (Å²) < 4.78 is 84.3. The van der Waals surface area contributed by atoms with E-state index in [0.29, 0.717) is 10.2 Å². The molecule has 0 fully saturated rings. The zero-order valence-corrected chi connectivity index (χ0v) is 19.9. The average Bonchev–Trinajstić information content (AvgIpc) is 3.37. The van der Waals surface area contributed by atoms with Crippen LogP contribution >= 0.6 is 0 Å². The minimum absolute atomic E-state index is 0.0415. The Balaban J connectivity index is 1.77. The number of amides is 1. The molecule has 2 heterocycles. The molecule has 0 bridgehead atoms. The minimum atomic E-state index is -4.68. The van der Waals surface area contributed by atoms with Gasteiger partial charge in [-0.15, -0.1) is 0 Å². The first-order valence-corrected chi connectivity index (χ1v) is 10.8. The van der Waals surface area contributed by atoms with E-state index >= 15 is 0 Å². The van der Waals surface area contributed by atoms with Gasteiger partial charge in [0.05, 0.1) is 12.1 Å². The van der Waals surface area contributed by atoms with Crippen molar-refractivity contribution in [3.8, 4) is 11.3 Å². The number of nitrogens with zero attached hydrogens (tertiary/aromatic N) is 3. The van der Waals surface area contributed by atoms with Crippen molar-refractivity contribution in [2.24, 2.45) is 5.73 Å². The van der Waals surface area contributed by atoms with E-state index in [1.807, 2.05) is 0 Å². The third-order valence-electron chi connectivity index (χ3n) is 5.93. The molecule has 14 heteroatoms. The molecule has 200 valence electrons. The summed E-state index contributed by atoms with van der Waals surface area (Å²) >= 11 is 0. The molecule has 2 aromatic heterocycles. The number of hydrogen-bond acceptors (Lipinski definition) is 6. The lowest BCUT2D eigenvalue weighted by molar-refractivity contribution is -0.185. The van der Waals surface area contributed by atoms with Gasteiger partial charge in [-0.2, -0.15) is 31.4 Å². The predicted molar refractivity (Wildman–Crippen MR) is 119 cm³/mol. The van der Waals surface area contributed by atoms with Gasteiger partial charge >= 0.3 is 12.4 Å². The summed E-state index contributed by atoms with van der Waals surface area (Å²) in [4.78, 5) is 24.3. The first-order chi connectivity index (χ1) is 16.9. The van der Waals surface area contributed by atoms with E-state index in [-0.39, 0.29) is 41.1 Å². The maximum atomic E-state index is 13.2. The molecule has 1 aromatic carbocycles. The fourth-order valence-electron chi connectivity index (χ4n) is 3.43. The molecule has 0 saturated heterocycles. The van der Waals surface area contributed by atoms with E-state index in [1.54, 1.807) is 0 Å². The van der Waals surface area contributed by atoms with Crippen molar-refractivity contribution >= 4 is 17.5 Å². The van der Waals surface area contributed by atoms with Crippen LogP contribution in [0.3, 0.4) is 0 Å². The second-order valence-corrected chi connectivity index (χ2v) is 9.03. The molecule has 1 atom stereocenters. The van der Waals surface area contributed by atoms with Gasteiger partial charge in [0.1, 0.15) is 34.3 Å². The van der Waals surface area contributed by atoms with Crippen LogP contribution in [0.25, 0.3) is 11.3 Å². The zero-order valence-electron chi connectivity index (χ0n) is 19.9. The number of benzene rings is 1. The Labute approximate surface area is 206 Å². The highest BCUT2D eigenvalue weighted by Gasteiger charge is 2.51. The largest absolute Gasteiger partial charge is 0.410 e. The van der Waals surface area contributed by atoms with Gasteiger partial charge in [-0.1, -0.05) is 29.4 Å². The van der Waals surface area contributed by atoms with E-state index in [0.717, 1.165) is 26.8 Å². The van der Waals surface area contributed by atoms with Gasteiger partial charge in [-0.05, 0) is 26.3 Å². The van der Waals surface area contributed by atoms with Gasteiger partial charge in [0, 0.05) is 18.1 Å². The summed E-state index contributed by atoms with van der Waals surface area (Å²) in [6.07, 6.45) is -9.64. The number of carbonyl (C=O) groups is 2. The number of aromatic nitrogens is 3. The Bertz CT molecular complexity index is 1310. The first kappa shape index (κ1) is 27.7. The van der Waals surface area contributed by atoms with Gasteiger partial charge in [-0.3, -0.25) is 9.59 Å². The van der Waals surface area contributed by atoms with Gasteiger partial charge in [0.25, 0.3) is 5.91 Å². The molecule has 1 amide bonds. The molecule has 0 spiro atoms. The Kier molecular flexibility index (Phi) is 7.17. The van der Waals surface area contributed by atoms with E-state index in [1.165, 1.54) is 24.3 Å². The number of anilines is 1. The molecule has 1 unspecified atom stereocenters. The third-order valence-corrected chi connectivity index (χ3v) is 5.93. The topological polar surface area (TPSA) is 130 Å². The summed E-state index contributed by atoms with van der Waals surface area (Å²) in [6.45, 7) is 2.70. The molecular formula is C23H23F6N5O3. The number of nitrogens with two attached hydrogens (primary N) is 2. The smallest absolute Gasteiger partial charge is 0.383 e. The number of carbonyl (C=O) groups excluding carboxylic acids is 2. The number of primary amides is 1. The second-order valence-electron chi connectivity index (χ2n) is 9.03. The lowest BCUT2D eigenvalue weighted by atomic mass is 9.89. The number of alkyl halides is 6. The number of nitrogen functional groups attached to an aromatic ring is 1. The third kappa shape index (κ3) is 5.62. The van der Waals surface area contributed by atoms with Crippen molar-refractivity contribution in [3.63, 3.8) is 0 Å². The predicted octanol–water partition coefficient (Wildman–Crippen LogP) is 4.54. The zero-order chi connectivity index (χ0) is 27.9. The normalized spacial score (nSPS) is 13.5. The Morgan fingerprint density at radius 2 is 1.65 bits per heavy atom. The van der Waals surface area contributed by atoms with E-state index in [4.69, 9.17) is 16.0 Å². The van der Waals surface area contributed by atoms with Crippen molar-refractivity contribution in [1.29, 1.82) is 0 Å². The van der Waals surface area contributed by atoms with Crippen LogP contribution in [0.5, 0.6) is 0 Å². The van der Waals surface area contributed by atoms with Crippen LogP contribution in [-0.2, 0) is 23.1 Å². The quantitative estimate of drug-likeness (QED) is 0.411. The standard InChI is InChI=1S/C23H23F6N5O3/c1-11(22(24,25)26)34-19(30)17(20(31)36)18(32-34)13-6-4-12(5-7-13)8-15(35)9-14-10-16(37-33-14)21(2,3)23(27,28)29/h4-7,10-11H,8-9,30H2,1-3H3,(H2,31,36). The fraction of sp³-hybridized carbons (Fsp3) is 0.391. The second kappa shape index (κ2) is 9.56. The summed E-state index contributed by atoms with van der Waals surface area (Å²) in [6, 6.07) is 4.81. The molecule has 4 N–H and O–H groups in total. The van der Waals surface area contributed by atoms with Crippen molar-refractivity contribution in [2.45, 2.75) is 57.4 Å². The van der Waals surface area contributed by atoms with Crippen LogP contribution in [0.2, 0.25) is 0 Å². The van der Waals surface area contributed by atoms with E-state index in [9.17, 15) is 35.9 Å². The highest BCUT2D eigenvalue weighted by atomic mass is 19.4. The van der Waals surface area contributed by atoms with Crippen LogP contribution in [0, 0.1) is 0 Å². The minimum Gasteiger partial charge on any atom is -0.383 e. The highest BCUT2D eigenvalue weighted by Crippen LogP contribution is 2.40. The summed E-state index contributed by atoms with van der Waals surface area (Å²) in [5.74, 6) is -2.39. The molecule has 3 aromatic rings. The maximum Gasteiger partial charge on any atom is 0.410 e. The van der Waals surface area contributed by atoms with Gasteiger partial charge in [-0.25, -0.2) is 4.68 Å². The summed E-state index contributed by atoms with van der Waals surface area (Å²) in [7, 11) is 0. The maximum absolute atomic E-state index is 13.2. The number of hydrogen-bond donors (Lipinski definition) is 2.